The fourth-order valence-corrected chi connectivity index (χ4v) is 2.78. The van der Waals surface area contributed by atoms with Crippen LogP contribution < -0.4 is 22.1 Å². The van der Waals surface area contributed by atoms with Gasteiger partial charge in [-0.25, -0.2) is 0 Å². The van der Waals surface area contributed by atoms with Crippen molar-refractivity contribution in [3.8, 4) is 0 Å². The van der Waals surface area contributed by atoms with E-state index in [4.69, 9.17) is 11.5 Å². The zero-order valence-corrected chi connectivity index (χ0v) is 14.1. The van der Waals surface area contributed by atoms with Crippen molar-refractivity contribution in [3.63, 3.8) is 0 Å². The average molecular weight is 355 g/mol. The van der Waals surface area contributed by atoms with E-state index in [1.54, 1.807) is 24.3 Å². The highest BCUT2D eigenvalue weighted by molar-refractivity contribution is 5.98. The molecule has 0 aromatic heterocycles. The summed E-state index contributed by atoms with van der Waals surface area (Å²) in [4.78, 5) is 34.6. The Morgan fingerprint density at radius 1 is 1.21 bits per heavy atom. The van der Waals surface area contributed by atoms with E-state index in [-0.39, 0.29) is 36.8 Å². The van der Waals surface area contributed by atoms with Crippen LogP contribution in [0.15, 0.2) is 24.3 Å². The van der Waals surface area contributed by atoms with Crippen molar-refractivity contribution in [2.45, 2.75) is 31.7 Å². The summed E-state index contributed by atoms with van der Waals surface area (Å²) in [7, 11) is 0. The van der Waals surface area contributed by atoms with Crippen molar-refractivity contribution in [1.82, 2.24) is 5.32 Å². The number of primary amides is 1. The molecule has 7 nitrogen and oxygen atoms in total. The van der Waals surface area contributed by atoms with Gasteiger partial charge in [0.1, 0.15) is 0 Å². The quantitative estimate of drug-likeness (QED) is 0.601. The van der Waals surface area contributed by atoms with Crippen LogP contribution in [0, 0.1) is 5.92 Å². The average Bonchev–Trinajstić information content (AvgIpc) is 2.90. The van der Waals surface area contributed by atoms with Gasteiger partial charge in [-0.05, 0) is 37.0 Å². The van der Waals surface area contributed by atoms with Gasteiger partial charge in [0.05, 0.1) is 6.54 Å². The first-order chi connectivity index (χ1) is 11.0. The Labute approximate surface area is 146 Å². The van der Waals surface area contributed by atoms with Crippen LogP contribution in [0.4, 0.5) is 5.69 Å². The first-order valence-corrected chi connectivity index (χ1v) is 7.67. The molecule has 0 heterocycles. The second-order valence-corrected chi connectivity index (χ2v) is 5.84. The first kappa shape index (κ1) is 19.9. The van der Waals surface area contributed by atoms with Crippen LogP contribution in [0.3, 0.4) is 0 Å². The Bertz CT molecular complexity index is 609. The van der Waals surface area contributed by atoms with Crippen LogP contribution in [0.5, 0.6) is 0 Å². The lowest BCUT2D eigenvalue weighted by Gasteiger charge is -2.15. The fourth-order valence-electron chi connectivity index (χ4n) is 2.78. The van der Waals surface area contributed by atoms with E-state index >= 15 is 0 Å². The number of carbonyl (C=O) groups excluding carboxylic acids is 3. The van der Waals surface area contributed by atoms with Crippen molar-refractivity contribution in [1.29, 1.82) is 0 Å². The van der Waals surface area contributed by atoms with Gasteiger partial charge in [0.15, 0.2) is 0 Å². The standard InChI is InChI=1S/C16H22N4O3.ClH/c17-13-6-2-3-10(13)8-15(22)20-12-5-1-4-11(7-12)16(23)19-9-14(18)21;/h1,4-5,7,10,13H,2-3,6,8-9,17H2,(H2,18,21)(H,19,23)(H,20,22);1H/t10-,13+;/m0./s1. The highest BCUT2D eigenvalue weighted by Crippen LogP contribution is 2.27. The van der Waals surface area contributed by atoms with E-state index < -0.39 is 11.8 Å². The molecule has 1 aromatic rings. The fraction of sp³-hybridized carbons (Fsp3) is 0.438. The molecule has 0 saturated heterocycles. The van der Waals surface area contributed by atoms with Crippen molar-refractivity contribution in [3.05, 3.63) is 29.8 Å². The molecule has 8 heteroatoms. The molecule has 2 rings (SSSR count). The third-order valence-electron chi connectivity index (χ3n) is 4.00. The first-order valence-electron chi connectivity index (χ1n) is 7.67. The summed E-state index contributed by atoms with van der Waals surface area (Å²) < 4.78 is 0. The summed E-state index contributed by atoms with van der Waals surface area (Å²) in [5, 5.41) is 5.18. The monoisotopic (exact) mass is 354 g/mol. The van der Waals surface area contributed by atoms with Crippen molar-refractivity contribution in [2.24, 2.45) is 17.4 Å². The summed E-state index contributed by atoms with van der Waals surface area (Å²) in [6, 6.07) is 6.61. The summed E-state index contributed by atoms with van der Waals surface area (Å²) in [6.45, 7) is -0.227. The minimum Gasteiger partial charge on any atom is -0.368 e. The maximum Gasteiger partial charge on any atom is 0.251 e. The molecule has 1 aliphatic carbocycles. The lowest BCUT2D eigenvalue weighted by atomic mass is 10.00. The maximum absolute atomic E-state index is 12.1. The van der Waals surface area contributed by atoms with Gasteiger partial charge < -0.3 is 22.1 Å². The van der Waals surface area contributed by atoms with Gasteiger partial charge in [-0.3, -0.25) is 14.4 Å². The van der Waals surface area contributed by atoms with Gasteiger partial charge in [-0.15, -0.1) is 12.4 Å². The number of amides is 3. The Morgan fingerprint density at radius 3 is 2.58 bits per heavy atom. The van der Waals surface area contributed by atoms with Gasteiger partial charge in [0.25, 0.3) is 5.91 Å². The number of anilines is 1. The Balaban J connectivity index is 0.00000288. The molecule has 1 fully saturated rings. The van der Waals surface area contributed by atoms with Gasteiger partial charge in [-0.1, -0.05) is 12.5 Å². The predicted molar refractivity (Wildman–Crippen MR) is 93.8 cm³/mol. The molecule has 0 aliphatic heterocycles. The normalized spacial score (nSPS) is 19.2. The predicted octanol–water partition coefficient (Wildman–Crippen LogP) is 0.779. The molecule has 0 bridgehead atoms. The third-order valence-corrected chi connectivity index (χ3v) is 4.00. The lowest BCUT2D eigenvalue weighted by Crippen LogP contribution is -2.33. The zero-order chi connectivity index (χ0) is 16.8. The highest BCUT2D eigenvalue weighted by atomic mass is 35.5. The number of nitrogens with one attached hydrogen (secondary N) is 2. The minimum atomic E-state index is -0.615. The van der Waals surface area contributed by atoms with Crippen LogP contribution in [0.2, 0.25) is 0 Å². The SMILES string of the molecule is Cl.NC(=O)CNC(=O)c1cccc(NC(=O)C[C@@H]2CCC[C@H]2N)c1. The number of nitrogens with two attached hydrogens (primary N) is 2. The number of halogens is 1. The molecule has 1 aliphatic rings. The lowest BCUT2D eigenvalue weighted by molar-refractivity contribution is -0.117. The molecule has 24 heavy (non-hydrogen) atoms. The van der Waals surface area contributed by atoms with Crippen molar-refractivity contribution < 1.29 is 14.4 Å². The molecule has 0 radical (unpaired) electrons. The van der Waals surface area contributed by atoms with Crippen LogP contribution >= 0.6 is 12.4 Å². The zero-order valence-electron chi connectivity index (χ0n) is 13.3. The molecule has 6 N–H and O–H groups in total. The second-order valence-electron chi connectivity index (χ2n) is 5.84. The molecule has 0 spiro atoms. The van der Waals surface area contributed by atoms with Gasteiger partial charge in [0.2, 0.25) is 11.8 Å². The van der Waals surface area contributed by atoms with E-state index in [1.165, 1.54) is 0 Å². The van der Waals surface area contributed by atoms with Gasteiger partial charge in [0, 0.05) is 23.7 Å². The molecule has 1 aromatic carbocycles. The van der Waals surface area contributed by atoms with E-state index in [0.717, 1.165) is 19.3 Å². The van der Waals surface area contributed by atoms with Crippen molar-refractivity contribution >= 4 is 35.8 Å². The third kappa shape index (κ3) is 5.82. The number of hydrogen-bond donors (Lipinski definition) is 4. The number of benzene rings is 1. The van der Waals surface area contributed by atoms with Crippen LogP contribution in [-0.4, -0.2) is 30.3 Å². The maximum atomic E-state index is 12.1. The van der Waals surface area contributed by atoms with Crippen molar-refractivity contribution in [2.75, 3.05) is 11.9 Å². The molecule has 1 saturated carbocycles. The van der Waals surface area contributed by atoms with Crippen LogP contribution in [0.25, 0.3) is 0 Å². The Hall–Kier alpha value is -2.12. The molecule has 3 amide bonds. The number of carbonyl (C=O) groups is 3. The van der Waals surface area contributed by atoms with E-state index in [0.29, 0.717) is 17.7 Å². The summed E-state index contributed by atoms with van der Waals surface area (Å²) >= 11 is 0. The molecular formula is C16H23ClN4O3. The summed E-state index contributed by atoms with van der Waals surface area (Å²) in [5.41, 5.74) is 11.8. The van der Waals surface area contributed by atoms with Gasteiger partial charge >= 0.3 is 0 Å². The van der Waals surface area contributed by atoms with Crippen LogP contribution in [-0.2, 0) is 9.59 Å². The van der Waals surface area contributed by atoms with E-state index in [2.05, 4.69) is 10.6 Å². The molecular weight excluding hydrogens is 332 g/mol. The van der Waals surface area contributed by atoms with E-state index in [1.807, 2.05) is 0 Å². The largest absolute Gasteiger partial charge is 0.368 e. The molecule has 132 valence electrons. The van der Waals surface area contributed by atoms with Gasteiger partial charge in [-0.2, -0.15) is 0 Å². The second kappa shape index (κ2) is 9.24. The Kier molecular flexibility index (Phi) is 7.67. The van der Waals surface area contributed by atoms with Crippen LogP contribution in [0.1, 0.15) is 36.0 Å². The summed E-state index contributed by atoms with van der Waals surface area (Å²) in [6.07, 6.45) is 3.39. The minimum absolute atomic E-state index is 0. The summed E-state index contributed by atoms with van der Waals surface area (Å²) in [5.74, 6) is -0.924. The highest BCUT2D eigenvalue weighted by Gasteiger charge is 2.26. The number of rotatable bonds is 6. The Morgan fingerprint density at radius 2 is 1.96 bits per heavy atom. The number of hydrogen-bond acceptors (Lipinski definition) is 4. The smallest absolute Gasteiger partial charge is 0.251 e. The topological polar surface area (TPSA) is 127 Å². The molecule has 0 unspecified atom stereocenters. The molecule has 2 atom stereocenters. The van der Waals surface area contributed by atoms with E-state index in [9.17, 15) is 14.4 Å².